The maximum atomic E-state index is 11.6. The van der Waals surface area contributed by atoms with Crippen LogP contribution in [-0.2, 0) is 11.2 Å². The van der Waals surface area contributed by atoms with Gasteiger partial charge in [-0.05, 0) is 37.7 Å². The van der Waals surface area contributed by atoms with Gasteiger partial charge < -0.3 is 20.4 Å². The van der Waals surface area contributed by atoms with Crippen LogP contribution in [0.1, 0.15) is 31.9 Å². The van der Waals surface area contributed by atoms with Crippen molar-refractivity contribution in [2.24, 2.45) is 11.8 Å². The molecule has 7 nitrogen and oxygen atoms in total. The van der Waals surface area contributed by atoms with Gasteiger partial charge in [0.2, 0.25) is 5.91 Å². The lowest BCUT2D eigenvalue weighted by atomic mass is 9.88. The zero-order valence-electron chi connectivity index (χ0n) is 18.0. The number of rotatable bonds is 6. The molecule has 3 N–H and O–H groups in total. The quantitative estimate of drug-likeness (QED) is 0.652. The van der Waals surface area contributed by atoms with Gasteiger partial charge in [0.15, 0.2) is 5.82 Å². The van der Waals surface area contributed by atoms with Crippen molar-refractivity contribution >= 4 is 5.91 Å². The molecule has 1 aromatic carbocycles. The lowest BCUT2D eigenvalue weighted by Crippen LogP contribution is -2.49. The fourth-order valence-electron chi connectivity index (χ4n) is 5.08. The molecule has 1 aliphatic heterocycles. The van der Waals surface area contributed by atoms with Gasteiger partial charge in [-0.15, -0.1) is 0 Å². The molecule has 4 atom stereocenters. The highest BCUT2D eigenvalue weighted by Gasteiger charge is 2.43. The van der Waals surface area contributed by atoms with Crippen LogP contribution in [0.25, 0.3) is 11.4 Å². The molecule has 2 aromatic rings. The Morgan fingerprint density at radius 1 is 1.16 bits per heavy atom. The number of aliphatic hydroxyl groups excluding tert-OH is 2. The van der Waals surface area contributed by atoms with Crippen molar-refractivity contribution < 1.29 is 15.0 Å². The molecule has 2 fully saturated rings. The molecule has 0 bridgehead atoms. The number of nitrogens with one attached hydrogen (secondary N) is 1. The van der Waals surface area contributed by atoms with E-state index in [0.717, 1.165) is 37.2 Å². The molecule has 1 amide bonds. The number of aromatic nitrogens is 2. The molecule has 2 aliphatic rings. The van der Waals surface area contributed by atoms with E-state index in [1.165, 1.54) is 0 Å². The smallest absolute Gasteiger partial charge is 0.219 e. The monoisotopic (exact) mass is 424 g/mol. The topological polar surface area (TPSA) is 98.6 Å². The zero-order valence-corrected chi connectivity index (χ0v) is 18.0. The number of hydrogen-bond donors (Lipinski definition) is 3. The molecular formula is C24H32N4O3. The number of nitrogens with zero attached hydrogens (tertiary/aromatic N) is 3. The molecule has 1 aliphatic carbocycles. The number of piperidine rings is 1. The van der Waals surface area contributed by atoms with Crippen molar-refractivity contribution in [3.05, 3.63) is 48.3 Å². The van der Waals surface area contributed by atoms with E-state index in [1.807, 2.05) is 41.3 Å². The van der Waals surface area contributed by atoms with Crippen LogP contribution >= 0.6 is 0 Å². The van der Waals surface area contributed by atoms with Gasteiger partial charge in [0, 0.05) is 62.1 Å². The lowest BCUT2D eigenvalue weighted by Gasteiger charge is -2.35. The fourth-order valence-corrected chi connectivity index (χ4v) is 5.08. The summed E-state index contributed by atoms with van der Waals surface area (Å²) in [5.74, 6) is 0.735. The molecule has 166 valence electrons. The summed E-state index contributed by atoms with van der Waals surface area (Å²) in [7, 11) is 0. The Labute approximate surface area is 183 Å². The van der Waals surface area contributed by atoms with E-state index in [9.17, 15) is 15.0 Å². The maximum absolute atomic E-state index is 11.6. The summed E-state index contributed by atoms with van der Waals surface area (Å²) in [4.78, 5) is 22.7. The number of aliphatic hydroxyl groups is 2. The second-order valence-corrected chi connectivity index (χ2v) is 8.81. The normalized spacial score (nSPS) is 26.9. The maximum Gasteiger partial charge on any atom is 0.219 e. The molecule has 4 rings (SSSR count). The highest BCUT2D eigenvalue weighted by Crippen LogP contribution is 2.35. The van der Waals surface area contributed by atoms with Gasteiger partial charge in [0.05, 0.1) is 6.10 Å². The van der Waals surface area contributed by atoms with Crippen molar-refractivity contribution in [3.63, 3.8) is 0 Å². The summed E-state index contributed by atoms with van der Waals surface area (Å²) in [5.41, 5.74) is 1.89. The summed E-state index contributed by atoms with van der Waals surface area (Å²) in [6.45, 7) is 3.11. The summed E-state index contributed by atoms with van der Waals surface area (Å²) < 4.78 is 0. The third-order valence-corrected chi connectivity index (χ3v) is 6.85. The van der Waals surface area contributed by atoms with Crippen LogP contribution in [0, 0.1) is 11.8 Å². The molecule has 31 heavy (non-hydrogen) atoms. The number of carbonyl (C=O) groups excluding carboxylic acids is 1. The predicted octanol–water partition coefficient (Wildman–Crippen LogP) is 1.64. The highest BCUT2D eigenvalue weighted by molar-refractivity contribution is 5.73. The largest absolute Gasteiger partial charge is 0.396 e. The highest BCUT2D eigenvalue weighted by atomic mass is 16.3. The number of likely N-dealkylation sites (tertiary alicyclic amines) is 1. The fraction of sp³-hybridized carbons (Fsp3) is 0.542. The van der Waals surface area contributed by atoms with Gasteiger partial charge in [0.25, 0.3) is 0 Å². The first kappa shape index (κ1) is 21.9. The number of amides is 1. The summed E-state index contributed by atoms with van der Waals surface area (Å²) in [6, 6.07) is 12.2. The molecular weight excluding hydrogens is 392 g/mol. The van der Waals surface area contributed by atoms with Gasteiger partial charge >= 0.3 is 0 Å². The van der Waals surface area contributed by atoms with Crippen molar-refractivity contribution in [2.75, 3.05) is 19.7 Å². The summed E-state index contributed by atoms with van der Waals surface area (Å²) >= 11 is 0. The molecule has 7 heteroatoms. The Morgan fingerprint density at radius 2 is 1.90 bits per heavy atom. The number of benzene rings is 1. The number of carbonyl (C=O) groups is 1. The van der Waals surface area contributed by atoms with Gasteiger partial charge in [0.1, 0.15) is 0 Å². The molecule has 0 radical (unpaired) electrons. The zero-order chi connectivity index (χ0) is 21.8. The van der Waals surface area contributed by atoms with Crippen molar-refractivity contribution in [1.29, 1.82) is 0 Å². The molecule has 1 saturated heterocycles. The predicted molar refractivity (Wildman–Crippen MR) is 118 cm³/mol. The average molecular weight is 425 g/mol. The van der Waals surface area contributed by atoms with Crippen molar-refractivity contribution in [1.82, 2.24) is 20.2 Å². The van der Waals surface area contributed by atoms with Crippen LogP contribution in [-0.4, -0.2) is 68.9 Å². The standard InChI is InChI=1S/C24H32N4O3/c1-16(30)28-11-8-18(9-12-28)26-22-14-23(31)21(15-29)20(22)13-19-7-10-25-24(27-19)17-5-3-2-4-6-17/h2-7,10,18,20-23,26,29,31H,8-9,11-15H2,1H3/t20-,21-,22-,23-/m1/s1. The Kier molecular flexibility index (Phi) is 6.95. The van der Waals surface area contributed by atoms with E-state index in [1.54, 1.807) is 13.1 Å². The van der Waals surface area contributed by atoms with Crippen LogP contribution in [0.4, 0.5) is 0 Å². The van der Waals surface area contributed by atoms with Gasteiger partial charge in [-0.25, -0.2) is 9.97 Å². The van der Waals surface area contributed by atoms with E-state index < -0.39 is 6.10 Å². The van der Waals surface area contributed by atoms with Crippen LogP contribution in [0.2, 0.25) is 0 Å². The van der Waals surface area contributed by atoms with Crippen LogP contribution in [0.3, 0.4) is 0 Å². The van der Waals surface area contributed by atoms with E-state index in [4.69, 9.17) is 4.98 Å². The van der Waals surface area contributed by atoms with Crippen LogP contribution < -0.4 is 5.32 Å². The summed E-state index contributed by atoms with van der Waals surface area (Å²) in [6.07, 6.45) is 4.38. The number of hydrogen-bond acceptors (Lipinski definition) is 6. The van der Waals surface area contributed by atoms with E-state index in [0.29, 0.717) is 24.7 Å². The van der Waals surface area contributed by atoms with Gasteiger partial charge in [-0.2, -0.15) is 0 Å². The van der Waals surface area contributed by atoms with Crippen LogP contribution in [0.5, 0.6) is 0 Å². The molecule has 1 aromatic heterocycles. The Bertz CT molecular complexity index is 870. The Balaban J connectivity index is 1.46. The minimum atomic E-state index is -0.528. The third-order valence-electron chi connectivity index (χ3n) is 6.85. The SMILES string of the molecule is CC(=O)N1CCC(N[C@@H]2C[C@@H](O)[C@H](CO)[C@H]2Cc2ccnc(-c3ccccc3)n2)CC1. The second-order valence-electron chi connectivity index (χ2n) is 8.81. The Morgan fingerprint density at radius 3 is 2.58 bits per heavy atom. The van der Waals surface area contributed by atoms with Crippen molar-refractivity contribution in [3.8, 4) is 11.4 Å². The van der Waals surface area contributed by atoms with Crippen LogP contribution in [0.15, 0.2) is 42.6 Å². The first-order chi connectivity index (χ1) is 15.0. The van der Waals surface area contributed by atoms with Gasteiger partial charge in [-0.3, -0.25) is 4.79 Å². The third kappa shape index (κ3) is 5.11. The average Bonchev–Trinajstić information content (AvgIpc) is 3.08. The van der Waals surface area contributed by atoms with E-state index in [2.05, 4.69) is 10.3 Å². The van der Waals surface area contributed by atoms with Crippen molar-refractivity contribution in [2.45, 2.75) is 50.8 Å². The van der Waals surface area contributed by atoms with Gasteiger partial charge in [-0.1, -0.05) is 30.3 Å². The Hall–Kier alpha value is -2.35. The molecule has 1 saturated carbocycles. The second kappa shape index (κ2) is 9.85. The summed E-state index contributed by atoms with van der Waals surface area (Å²) in [5, 5.41) is 24.3. The molecule has 0 spiro atoms. The first-order valence-electron chi connectivity index (χ1n) is 11.2. The lowest BCUT2D eigenvalue weighted by molar-refractivity contribution is -0.129. The molecule has 0 unspecified atom stereocenters. The minimum Gasteiger partial charge on any atom is -0.396 e. The first-order valence-corrected chi connectivity index (χ1v) is 11.2. The molecule has 2 heterocycles. The minimum absolute atomic E-state index is 0.0383. The van der Waals surface area contributed by atoms with E-state index >= 15 is 0 Å². The van der Waals surface area contributed by atoms with E-state index in [-0.39, 0.29) is 30.4 Å².